The first kappa shape index (κ1) is 10.2. The van der Waals surface area contributed by atoms with E-state index in [1.165, 1.54) is 10.9 Å². The van der Waals surface area contributed by atoms with Crippen LogP contribution in [0.1, 0.15) is 0 Å². The van der Waals surface area contributed by atoms with Crippen LogP contribution in [-0.4, -0.2) is 43.5 Å². The van der Waals surface area contributed by atoms with Crippen LogP contribution in [-0.2, 0) is 11.8 Å². The molecule has 0 aliphatic carbocycles. The first-order valence-electron chi connectivity index (χ1n) is 4.48. The number of carboxylic acids is 1. The Morgan fingerprint density at radius 2 is 2.12 bits per heavy atom. The van der Waals surface area contributed by atoms with E-state index in [1.807, 2.05) is 0 Å². The molecule has 1 aromatic rings. The van der Waals surface area contributed by atoms with Gasteiger partial charge in [0.2, 0.25) is 0 Å². The lowest BCUT2D eigenvalue weighted by Crippen LogP contribution is -2.46. The van der Waals surface area contributed by atoms with Crippen LogP contribution in [0.2, 0.25) is 0 Å². The molecule has 1 aromatic heterocycles. The Morgan fingerprint density at radius 3 is 2.69 bits per heavy atom. The lowest BCUT2D eigenvalue weighted by molar-refractivity contribution is -0.131. The molecule has 0 radical (unpaired) electrons. The van der Waals surface area contributed by atoms with Gasteiger partial charge in [0.15, 0.2) is 5.70 Å². The highest BCUT2D eigenvalue weighted by Gasteiger charge is 2.26. The van der Waals surface area contributed by atoms with E-state index < -0.39 is 12.1 Å². The fraction of sp³-hybridized carbons (Fsp3) is 0.222. The molecule has 0 bridgehead atoms. The maximum atomic E-state index is 11.1. The number of hydrogen-bond donors (Lipinski definition) is 2. The first-order chi connectivity index (χ1) is 7.52. The summed E-state index contributed by atoms with van der Waals surface area (Å²) in [6.45, 7) is 0.0235. The first-order valence-corrected chi connectivity index (χ1v) is 4.48. The van der Waals surface area contributed by atoms with Gasteiger partial charge in [-0.25, -0.2) is 9.59 Å². The van der Waals surface area contributed by atoms with E-state index in [0.717, 1.165) is 4.90 Å². The van der Waals surface area contributed by atoms with Gasteiger partial charge in [-0.2, -0.15) is 5.10 Å². The van der Waals surface area contributed by atoms with Gasteiger partial charge in [0.1, 0.15) is 0 Å². The zero-order valence-corrected chi connectivity index (χ0v) is 8.41. The highest BCUT2D eigenvalue weighted by atomic mass is 16.4. The number of aliphatic carboxylic acids is 1. The molecule has 1 amide bonds. The van der Waals surface area contributed by atoms with Gasteiger partial charge in [0, 0.05) is 18.8 Å². The number of amides is 1. The Kier molecular flexibility index (Phi) is 2.15. The number of aryl methyl sites for hydroxylation is 1. The van der Waals surface area contributed by atoms with Gasteiger partial charge < -0.3 is 10.2 Å². The summed E-state index contributed by atoms with van der Waals surface area (Å²) in [6, 6.07) is 0. The number of fused-ring (bicyclic) bond motifs is 1. The second-order valence-corrected chi connectivity index (χ2v) is 3.32. The molecule has 1 aliphatic heterocycles. The number of carboxylic acid groups (broad SMARTS) is 2. The average Bonchev–Trinajstić information content (AvgIpc) is 2.59. The Hall–Kier alpha value is -2.31. The standard InChI is InChI=1S/C9H9N3O4/c1-11-6-5(4-10-11)2-3-12(9(15)16)7(6)8(13)14/h2,4H,3H2,1H3,(H,13,14)(H,15,16). The highest BCUT2D eigenvalue weighted by Crippen LogP contribution is 2.06. The Labute approximate surface area is 89.5 Å². The minimum Gasteiger partial charge on any atom is -0.477 e. The third kappa shape index (κ3) is 1.33. The molecule has 2 N–H and O–H groups in total. The summed E-state index contributed by atoms with van der Waals surface area (Å²) in [5, 5.41) is 22.8. The molecule has 0 saturated carbocycles. The summed E-state index contributed by atoms with van der Waals surface area (Å²) in [7, 11) is 1.57. The predicted molar refractivity (Wildman–Crippen MR) is 52.7 cm³/mol. The van der Waals surface area contributed by atoms with Crippen molar-refractivity contribution < 1.29 is 19.8 Å². The van der Waals surface area contributed by atoms with E-state index in [2.05, 4.69) is 5.10 Å². The second kappa shape index (κ2) is 3.37. The van der Waals surface area contributed by atoms with Crippen LogP contribution >= 0.6 is 0 Å². The van der Waals surface area contributed by atoms with E-state index in [1.54, 1.807) is 13.1 Å². The quantitative estimate of drug-likeness (QED) is 0.597. The fourth-order valence-corrected chi connectivity index (χ4v) is 1.69. The van der Waals surface area contributed by atoms with Gasteiger partial charge in [0.25, 0.3) is 0 Å². The average molecular weight is 223 g/mol. The molecule has 0 atom stereocenters. The lowest BCUT2D eigenvalue weighted by atomic mass is 10.2. The predicted octanol–water partition coefficient (Wildman–Crippen LogP) is -1.61. The minimum atomic E-state index is -1.29. The van der Waals surface area contributed by atoms with Crippen molar-refractivity contribution in [3.8, 4) is 0 Å². The normalized spacial score (nSPS) is 14.3. The van der Waals surface area contributed by atoms with Crippen molar-refractivity contribution in [1.82, 2.24) is 14.7 Å². The Morgan fingerprint density at radius 1 is 1.44 bits per heavy atom. The molecule has 7 nitrogen and oxygen atoms in total. The molecule has 0 spiro atoms. The minimum absolute atomic E-state index is 0.0235. The Bertz CT molecular complexity index is 586. The van der Waals surface area contributed by atoms with Crippen molar-refractivity contribution in [3.63, 3.8) is 0 Å². The molecule has 0 unspecified atom stereocenters. The largest absolute Gasteiger partial charge is 0.477 e. The van der Waals surface area contributed by atoms with Crippen molar-refractivity contribution in [2.45, 2.75) is 0 Å². The maximum absolute atomic E-state index is 11.1. The molecule has 2 heterocycles. The fourth-order valence-electron chi connectivity index (χ4n) is 1.69. The monoisotopic (exact) mass is 223 g/mol. The van der Waals surface area contributed by atoms with E-state index in [4.69, 9.17) is 10.2 Å². The highest BCUT2D eigenvalue weighted by molar-refractivity contribution is 6.11. The van der Waals surface area contributed by atoms with Crippen molar-refractivity contribution >= 4 is 23.8 Å². The molecule has 7 heteroatoms. The van der Waals surface area contributed by atoms with Crippen LogP contribution in [0, 0.1) is 0 Å². The van der Waals surface area contributed by atoms with Gasteiger partial charge in [-0.15, -0.1) is 0 Å². The summed E-state index contributed by atoms with van der Waals surface area (Å²) < 4.78 is 1.35. The van der Waals surface area contributed by atoms with Gasteiger partial charge in [-0.1, -0.05) is 6.08 Å². The van der Waals surface area contributed by atoms with Crippen molar-refractivity contribution in [2.24, 2.45) is 7.05 Å². The molecule has 2 rings (SSSR count). The SMILES string of the molecule is Cn1ncc2c1=C(C(=O)O)N(C(=O)O)CC=2. The maximum Gasteiger partial charge on any atom is 0.412 e. The number of rotatable bonds is 1. The van der Waals surface area contributed by atoms with Crippen molar-refractivity contribution in [1.29, 1.82) is 0 Å². The van der Waals surface area contributed by atoms with Crippen molar-refractivity contribution in [2.75, 3.05) is 6.54 Å². The van der Waals surface area contributed by atoms with E-state index >= 15 is 0 Å². The van der Waals surface area contributed by atoms with Gasteiger partial charge in [-0.05, 0) is 0 Å². The smallest absolute Gasteiger partial charge is 0.412 e. The zero-order valence-electron chi connectivity index (χ0n) is 8.41. The Balaban J connectivity index is 2.83. The van der Waals surface area contributed by atoms with E-state index in [-0.39, 0.29) is 12.2 Å². The van der Waals surface area contributed by atoms with Gasteiger partial charge >= 0.3 is 12.1 Å². The second-order valence-electron chi connectivity index (χ2n) is 3.32. The zero-order chi connectivity index (χ0) is 11.9. The molecule has 0 aromatic carbocycles. The summed E-state index contributed by atoms with van der Waals surface area (Å²) in [5.74, 6) is -1.28. The molecule has 1 aliphatic rings. The molecule has 0 fully saturated rings. The summed E-state index contributed by atoms with van der Waals surface area (Å²) in [6.07, 6.45) is 1.85. The van der Waals surface area contributed by atoms with Crippen LogP contribution in [0.5, 0.6) is 0 Å². The summed E-state index contributed by atoms with van der Waals surface area (Å²) in [4.78, 5) is 22.8. The van der Waals surface area contributed by atoms with Crippen LogP contribution in [0.15, 0.2) is 6.20 Å². The lowest BCUT2D eigenvalue weighted by Gasteiger charge is -2.19. The van der Waals surface area contributed by atoms with Crippen molar-refractivity contribution in [3.05, 3.63) is 16.8 Å². The van der Waals surface area contributed by atoms with Gasteiger partial charge in [0.05, 0.1) is 11.5 Å². The van der Waals surface area contributed by atoms with E-state index in [9.17, 15) is 9.59 Å². The molecular weight excluding hydrogens is 214 g/mol. The molecule has 16 heavy (non-hydrogen) atoms. The number of nitrogens with zero attached hydrogens (tertiary/aromatic N) is 3. The van der Waals surface area contributed by atoms with Crippen LogP contribution in [0.4, 0.5) is 4.79 Å². The number of carbonyl (C=O) groups is 2. The summed E-state index contributed by atoms with van der Waals surface area (Å²) in [5.41, 5.74) is -0.259. The molecule has 0 saturated heterocycles. The topological polar surface area (TPSA) is 95.7 Å². The van der Waals surface area contributed by atoms with Crippen LogP contribution < -0.4 is 10.6 Å². The van der Waals surface area contributed by atoms with E-state index in [0.29, 0.717) is 10.6 Å². The van der Waals surface area contributed by atoms with Gasteiger partial charge in [-0.3, -0.25) is 9.58 Å². The number of hydrogen-bond acceptors (Lipinski definition) is 3. The molecular formula is C9H9N3O4. The third-order valence-corrected chi connectivity index (χ3v) is 2.39. The number of aromatic nitrogens is 2. The van der Waals surface area contributed by atoms with Crippen LogP contribution in [0.25, 0.3) is 11.8 Å². The summed E-state index contributed by atoms with van der Waals surface area (Å²) >= 11 is 0. The third-order valence-electron chi connectivity index (χ3n) is 2.39. The van der Waals surface area contributed by atoms with Crippen LogP contribution in [0.3, 0.4) is 0 Å². The molecule has 84 valence electrons.